The fraction of sp³-hybridized carbons (Fsp3) is 0.571. The van der Waals surface area contributed by atoms with E-state index in [-0.39, 0.29) is 12.1 Å². The SMILES string of the molecule is O=S1(=O)CCC(NC2CCNCc3ccccc32)C1. The fourth-order valence-electron chi connectivity index (χ4n) is 3.04. The van der Waals surface area contributed by atoms with Crippen LogP contribution in [-0.2, 0) is 16.4 Å². The monoisotopic (exact) mass is 280 g/mol. The van der Waals surface area contributed by atoms with E-state index in [1.807, 2.05) is 0 Å². The lowest BCUT2D eigenvalue weighted by Gasteiger charge is -2.22. The van der Waals surface area contributed by atoms with Gasteiger partial charge in [-0.05, 0) is 30.5 Å². The molecule has 0 aliphatic carbocycles. The van der Waals surface area contributed by atoms with E-state index in [2.05, 4.69) is 34.9 Å². The summed E-state index contributed by atoms with van der Waals surface area (Å²) in [6, 6.07) is 8.80. The van der Waals surface area contributed by atoms with Crippen LogP contribution in [0.3, 0.4) is 0 Å². The second-order valence-electron chi connectivity index (χ2n) is 5.48. The van der Waals surface area contributed by atoms with E-state index in [0.717, 1.165) is 25.9 Å². The van der Waals surface area contributed by atoms with Gasteiger partial charge in [0.25, 0.3) is 0 Å². The Balaban J connectivity index is 1.78. The maximum atomic E-state index is 11.5. The highest BCUT2D eigenvalue weighted by Crippen LogP contribution is 2.25. The summed E-state index contributed by atoms with van der Waals surface area (Å²) >= 11 is 0. The minimum absolute atomic E-state index is 0.112. The third-order valence-electron chi connectivity index (χ3n) is 4.03. The zero-order chi connectivity index (χ0) is 13.3. The molecule has 2 heterocycles. The molecule has 104 valence electrons. The van der Waals surface area contributed by atoms with Crippen molar-refractivity contribution in [1.82, 2.24) is 10.6 Å². The molecule has 1 saturated heterocycles. The van der Waals surface area contributed by atoms with Gasteiger partial charge in [-0.3, -0.25) is 0 Å². The average molecular weight is 280 g/mol. The van der Waals surface area contributed by atoms with Gasteiger partial charge in [0.05, 0.1) is 11.5 Å². The van der Waals surface area contributed by atoms with Crippen molar-refractivity contribution < 1.29 is 8.42 Å². The third kappa shape index (κ3) is 2.99. The van der Waals surface area contributed by atoms with Crippen LogP contribution in [0.2, 0.25) is 0 Å². The Kier molecular flexibility index (Phi) is 3.60. The van der Waals surface area contributed by atoms with Crippen LogP contribution in [0.5, 0.6) is 0 Å². The molecule has 2 aliphatic heterocycles. The highest BCUT2D eigenvalue weighted by Gasteiger charge is 2.30. The molecular formula is C14H20N2O2S. The predicted molar refractivity (Wildman–Crippen MR) is 75.7 cm³/mol. The van der Waals surface area contributed by atoms with Gasteiger partial charge in [-0.2, -0.15) is 0 Å². The van der Waals surface area contributed by atoms with Crippen LogP contribution in [0, 0.1) is 0 Å². The number of fused-ring (bicyclic) bond motifs is 1. The topological polar surface area (TPSA) is 58.2 Å². The maximum absolute atomic E-state index is 11.5. The fourth-order valence-corrected chi connectivity index (χ4v) is 4.73. The van der Waals surface area contributed by atoms with Crippen molar-refractivity contribution in [2.45, 2.75) is 31.5 Å². The van der Waals surface area contributed by atoms with Gasteiger partial charge >= 0.3 is 0 Å². The summed E-state index contributed by atoms with van der Waals surface area (Å²) in [5, 5.41) is 6.97. The lowest BCUT2D eigenvalue weighted by molar-refractivity contribution is 0.438. The maximum Gasteiger partial charge on any atom is 0.151 e. The van der Waals surface area contributed by atoms with Crippen LogP contribution in [0.15, 0.2) is 24.3 Å². The molecule has 0 spiro atoms. The Bertz CT molecular complexity index is 556. The van der Waals surface area contributed by atoms with Crippen LogP contribution in [0.4, 0.5) is 0 Å². The van der Waals surface area contributed by atoms with Gasteiger partial charge in [0.1, 0.15) is 0 Å². The predicted octanol–water partition coefficient (Wildman–Crippen LogP) is 0.998. The minimum Gasteiger partial charge on any atom is -0.313 e. The second kappa shape index (κ2) is 5.23. The molecule has 0 amide bonds. The Morgan fingerprint density at radius 1 is 1.21 bits per heavy atom. The highest BCUT2D eigenvalue weighted by molar-refractivity contribution is 7.91. The van der Waals surface area contributed by atoms with Crippen molar-refractivity contribution in [2.75, 3.05) is 18.1 Å². The molecule has 5 heteroatoms. The quantitative estimate of drug-likeness (QED) is 0.848. The zero-order valence-corrected chi connectivity index (χ0v) is 11.7. The van der Waals surface area contributed by atoms with Crippen molar-refractivity contribution in [2.24, 2.45) is 0 Å². The molecule has 0 saturated carbocycles. The first-order valence-electron chi connectivity index (χ1n) is 6.89. The van der Waals surface area contributed by atoms with Gasteiger partial charge in [0.15, 0.2) is 9.84 Å². The molecule has 0 radical (unpaired) electrons. The Labute approximate surface area is 114 Å². The summed E-state index contributed by atoms with van der Waals surface area (Å²) in [5.41, 5.74) is 2.63. The van der Waals surface area contributed by atoms with Gasteiger partial charge in [-0.1, -0.05) is 24.3 Å². The molecule has 4 nitrogen and oxygen atoms in total. The van der Waals surface area contributed by atoms with Crippen LogP contribution in [0.1, 0.15) is 30.0 Å². The Morgan fingerprint density at radius 3 is 2.84 bits per heavy atom. The van der Waals surface area contributed by atoms with Gasteiger partial charge < -0.3 is 10.6 Å². The Hall–Kier alpha value is -0.910. The van der Waals surface area contributed by atoms with E-state index in [1.54, 1.807) is 0 Å². The molecule has 1 fully saturated rings. The van der Waals surface area contributed by atoms with Crippen LogP contribution >= 0.6 is 0 Å². The summed E-state index contributed by atoms with van der Waals surface area (Å²) in [5.74, 6) is 0.621. The molecular weight excluding hydrogens is 260 g/mol. The molecule has 2 unspecified atom stereocenters. The number of hydrogen-bond donors (Lipinski definition) is 2. The lowest BCUT2D eigenvalue weighted by atomic mass is 9.98. The summed E-state index contributed by atoms with van der Waals surface area (Å²) in [7, 11) is -2.81. The number of rotatable bonds is 2. The van der Waals surface area contributed by atoms with E-state index >= 15 is 0 Å². The van der Waals surface area contributed by atoms with Crippen molar-refractivity contribution in [3.8, 4) is 0 Å². The molecule has 0 aromatic heterocycles. The van der Waals surface area contributed by atoms with Crippen LogP contribution in [0.25, 0.3) is 0 Å². The lowest BCUT2D eigenvalue weighted by Crippen LogP contribution is -2.34. The molecule has 1 aromatic rings. The first-order valence-corrected chi connectivity index (χ1v) is 8.71. The molecule has 19 heavy (non-hydrogen) atoms. The smallest absolute Gasteiger partial charge is 0.151 e. The highest BCUT2D eigenvalue weighted by atomic mass is 32.2. The molecule has 2 atom stereocenters. The molecule has 2 N–H and O–H groups in total. The summed E-state index contributed by atoms with van der Waals surface area (Å²) in [4.78, 5) is 0. The Morgan fingerprint density at radius 2 is 2.05 bits per heavy atom. The summed E-state index contributed by atoms with van der Waals surface area (Å²) in [6.07, 6.45) is 1.75. The van der Waals surface area contributed by atoms with Crippen molar-refractivity contribution >= 4 is 9.84 Å². The van der Waals surface area contributed by atoms with E-state index in [1.165, 1.54) is 11.1 Å². The largest absolute Gasteiger partial charge is 0.313 e. The van der Waals surface area contributed by atoms with E-state index in [4.69, 9.17) is 0 Å². The number of hydrogen-bond acceptors (Lipinski definition) is 4. The van der Waals surface area contributed by atoms with Gasteiger partial charge in [0, 0.05) is 18.6 Å². The van der Waals surface area contributed by atoms with Gasteiger partial charge in [0.2, 0.25) is 0 Å². The zero-order valence-electron chi connectivity index (χ0n) is 10.9. The number of sulfone groups is 1. The van der Waals surface area contributed by atoms with Crippen LogP contribution < -0.4 is 10.6 Å². The normalized spacial score (nSPS) is 29.7. The summed E-state index contributed by atoms with van der Waals surface area (Å²) in [6.45, 7) is 1.86. The number of nitrogens with one attached hydrogen (secondary N) is 2. The van der Waals surface area contributed by atoms with Crippen molar-refractivity contribution in [3.63, 3.8) is 0 Å². The van der Waals surface area contributed by atoms with Crippen LogP contribution in [-0.4, -0.2) is 32.5 Å². The third-order valence-corrected chi connectivity index (χ3v) is 5.79. The standard InChI is InChI=1S/C14H20N2O2S/c17-19(18)8-6-12(10-19)16-14-5-7-15-9-11-3-1-2-4-13(11)14/h1-4,12,14-16H,5-10H2. The van der Waals surface area contributed by atoms with E-state index in [9.17, 15) is 8.42 Å². The summed E-state index contributed by atoms with van der Waals surface area (Å²) < 4.78 is 23.1. The van der Waals surface area contributed by atoms with Gasteiger partial charge in [-0.25, -0.2) is 8.42 Å². The molecule has 0 bridgehead atoms. The first-order chi connectivity index (χ1) is 9.14. The van der Waals surface area contributed by atoms with Crippen molar-refractivity contribution in [3.05, 3.63) is 35.4 Å². The average Bonchev–Trinajstić information content (AvgIpc) is 2.60. The van der Waals surface area contributed by atoms with E-state index in [0.29, 0.717) is 11.5 Å². The van der Waals surface area contributed by atoms with E-state index < -0.39 is 9.84 Å². The number of benzene rings is 1. The second-order valence-corrected chi connectivity index (χ2v) is 7.71. The molecule has 1 aromatic carbocycles. The van der Waals surface area contributed by atoms with Gasteiger partial charge in [-0.15, -0.1) is 0 Å². The molecule has 3 rings (SSSR count). The molecule has 2 aliphatic rings. The first kappa shape index (κ1) is 13.1. The van der Waals surface area contributed by atoms with Crippen molar-refractivity contribution in [1.29, 1.82) is 0 Å². The minimum atomic E-state index is -2.81.